The number of hydrogen-bond donors (Lipinski definition) is 1. The first-order chi connectivity index (χ1) is 12.7. The molecule has 0 radical (unpaired) electrons. The van der Waals surface area contributed by atoms with Crippen LogP contribution in [0, 0.1) is 11.2 Å². The van der Waals surface area contributed by atoms with Crippen LogP contribution < -0.4 is 5.49 Å². The third-order valence-corrected chi connectivity index (χ3v) is 6.09. The van der Waals surface area contributed by atoms with Gasteiger partial charge in [-0.1, -0.05) is 23.9 Å². The van der Waals surface area contributed by atoms with E-state index in [0.717, 1.165) is 20.4 Å². The summed E-state index contributed by atoms with van der Waals surface area (Å²) in [6.45, 7) is 0. The van der Waals surface area contributed by atoms with Gasteiger partial charge in [0.25, 0.3) is 0 Å². The second kappa shape index (κ2) is 5.69. The Morgan fingerprint density at radius 3 is 2.65 bits per heavy atom. The van der Waals surface area contributed by atoms with E-state index in [4.69, 9.17) is 14.8 Å². The van der Waals surface area contributed by atoms with Gasteiger partial charge in [0.15, 0.2) is 21.8 Å². The highest BCUT2D eigenvalue weighted by atomic mass is 32.2. The van der Waals surface area contributed by atoms with Crippen LogP contribution in [0.4, 0.5) is 4.39 Å². The highest BCUT2D eigenvalue weighted by molar-refractivity contribution is 7.98. The van der Waals surface area contributed by atoms with E-state index in [0.29, 0.717) is 21.9 Å². The predicted molar refractivity (Wildman–Crippen MR) is 104 cm³/mol. The van der Waals surface area contributed by atoms with E-state index in [1.54, 1.807) is 28.0 Å². The number of fused-ring (bicyclic) bond motifs is 5. The molecule has 4 nitrogen and oxygen atoms in total. The van der Waals surface area contributed by atoms with E-state index >= 15 is 0 Å². The van der Waals surface area contributed by atoms with Crippen molar-refractivity contribution in [2.24, 2.45) is 0 Å². The van der Waals surface area contributed by atoms with Crippen molar-refractivity contribution in [3.63, 3.8) is 0 Å². The number of benzene rings is 2. The summed E-state index contributed by atoms with van der Waals surface area (Å²) in [5.74, 6) is -0.314. The Kier molecular flexibility index (Phi) is 3.41. The van der Waals surface area contributed by atoms with Gasteiger partial charge in [0, 0.05) is 15.8 Å². The predicted octanol–water partition coefficient (Wildman–Crippen LogP) is 5.33. The molecule has 0 saturated heterocycles. The van der Waals surface area contributed by atoms with Crippen LogP contribution in [0.3, 0.4) is 0 Å². The van der Waals surface area contributed by atoms with E-state index < -0.39 is 0 Å². The molecule has 0 amide bonds. The number of aromatic nitrogens is 2. The van der Waals surface area contributed by atoms with Crippen molar-refractivity contribution in [3.8, 4) is 5.69 Å². The molecule has 1 N–H and O–H groups in total. The van der Waals surface area contributed by atoms with E-state index in [1.165, 1.54) is 23.9 Å². The molecule has 26 heavy (non-hydrogen) atoms. The van der Waals surface area contributed by atoms with Crippen LogP contribution in [0.2, 0.25) is 0 Å². The first kappa shape index (κ1) is 15.6. The molecule has 3 heterocycles. The SMILES string of the molecule is CSc1nc2c(oc3c4ccccc4sc23)c(=N)n1-c1ccc(F)cc1. The van der Waals surface area contributed by atoms with E-state index in [-0.39, 0.29) is 11.3 Å². The maximum atomic E-state index is 13.3. The number of nitrogens with zero attached hydrogens (tertiary/aromatic N) is 2. The van der Waals surface area contributed by atoms with Crippen LogP contribution in [-0.2, 0) is 0 Å². The molecule has 0 aliphatic rings. The standard InChI is InChI=1S/C19H12FN3OS2/c1-25-19-22-14-16(18(21)23(19)11-8-6-10(20)7-9-11)24-15-12-4-2-3-5-13(12)26-17(14)15/h2-9,21H,1H3. The maximum absolute atomic E-state index is 13.3. The number of nitrogens with one attached hydrogen (secondary N) is 1. The van der Waals surface area contributed by atoms with E-state index in [2.05, 4.69) is 6.07 Å². The average molecular weight is 381 g/mol. The second-order valence-electron chi connectivity index (χ2n) is 5.80. The second-order valence-corrected chi connectivity index (χ2v) is 7.62. The van der Waals surface area contributed by atoms with Gasteiger partial charge in [0.2, 0.25) is 0 Å². The van der Waals surface area contributed by atoms with Crippen LogP contribution >= 0.6 is 23.1 Å². The molecule has 0 aliphatic heterocycles. The Labute approximate surface area is 155 Å². The summed E-state index contributed by atoms with van der Waals surface area (Å²) in [5, 5.41) is 10.4. The number of hydrogen-bond acceptors (Lipinski definition) is 5. The summed E-state index contributed by atoms with van der Waals surface area (Å²) in [7, 11) is 0. The molecule has 5 aromatic rings. The van der Waals surface area contributed by atoms with Crippen molar-refractivity contribution in [2.75, 3.05) is 6.26 Å². The zero-order valence-corrected chi connectivity index (χ0v) is 15.2. The molecule has 128 valence electrons. The Balaban J connectivity index is 1.90. The van der Waals surface area contributed by atoms with Gasteiger partial charge in [-0.2, -0.15) is 0 Å². The van der Waals surface area contributed by atoms with Crippen molar-refractivity contribution >= 4 is 54.6 Å². The van der Waals surface area contributed by atoms with Crippen molar-refractivity contribution in [1.82, 2.24) is 9.55 Å². The van der Waals surface area contributed by atoms with Gasteiger partial charge in [0.05, 0.1) is 0 Å². The van der Waals surface area contributed by atoms with Gasteiger partial charge in [-0.25, -0.2) is 9.37 Å². The van der Waals surface area contributed by atoms with E-state index in [9.17, 15) is 4.39 Å². The zero-order valence-electron chi connectivity index (χ0n) is 13.6. The number of thiophene rings is 1. The van der Waals surface area contributed by atoms with Crippen LogP contribution in [-0.4, -0.2) is 15.8 Å². The molecule has 0 unspecified atom stereocenters. The van der Waals surface area contributed by atoms with Crippen LogP contribution in [0.25, 0.3) is 37.2 Å². The molecule has 5 rings (SSSR count). The van der Waals surface area contributed by atoms with Gasteiger partial charge in [0.1, 0.15) is 16.0 Å². The summed E-state index contributed by atoms with van der Waals surface area (Å²) in [6, 6.07) is 14.1. The highest BCUT2D eigenvalue weighted by Gasteiger charge is 2.19. The molecule has 0 fully saturated rings. The topological polar surface area (TPSA) is 54.8 Å². The zero-order chi connectivity index (χ0) is 17.8. The summed E-state index contributed by atoms with van der Waals surface area (Å²) >= 11 is 3.07. The molecular weight excluding hydrogens is 369 g/mol. The Morgan fingerprint density at radius 2 is 1.88 bits per heavy atom. The number of halogens is 1. The fourth-order valence-electron chi connectivity index (χ4n) is 3.10. The van der Waals surface area contributed by atoms with Gasteiger partial charge >= 0.3 is 0 Å². The molecule has 0 aliphatic carbocycles. The van der Waals surface area contributed by atoms with Gasteiger partial charge < -0.3 is 4.42 Å². The Bertz CT molecular complexity index is 1350. The molecule has 3 aromatic heterocycles. The minimum absolute atomic E-state index is 0.207. The summed E-state index contributed by atoms with van der Waals surface area (Å²) in [5.41, 5.74) is 2.80. The highest BCUT2D eigenvalue weighted by Crippen LogP contribution is 2.39. The number of furan rings is 1. The molecule has 7 heteroatoms. The number of rotatable bonds is 2. The average Bonchev–Trinajstić information content (AvgIpc) is 3.19. The van der Waals surface area contributed by atoms with Crippen LogP contribution in [0.5, 0.6) is 0 Å². The van der Waals surface area contributed by atoms with Crippen molar-refractivity contribution < 1.29 is 8.81 Å². The third kappa shape index (κ3) is 2.14. The Hall–Kier alpha value is -2.64. The van der Waals surface area contributed by atoms with Crippen molar-refractivity contribution in [2.45, 2.75) is 5.16 Å². The summed E-state index contributed by atoms with van der Waals surface area (Å²) in [6.07, 6.45) is 1.91. The van der Waals surface area contributed by atoms with Crippen LogP contribution in [0.15, 0.2) is 58.1 Å². The lowest BCUT2D eigenvalue weighted by atomic mass is 10.2. The monoisotopic (exact) mass is 381 g/mol. The van der Waals surface area contributed by atoms with Gasteiger partial charge in [-0.05, 0) is 42.7 Å². The van der Waals surface area contributed by atoms with Gasteiger partial charge in [-0.15, -0.1) is 11.3 Å². The largest absolute Gasteiger partial charge is 0.449 e. The van der Waals surface area contributed by atoms with Crippen molar-refractivity contribution in [3.05, 3.63) is 59.8 Å². The lowest BCUT2D eigenvalue weighted by molar-refractivity contribution is 0.625. The molecule has 0 spiro atoms. The lowest BCUT2D eigenvalue weighted by Crippen LogP contribution is -2.21. The molecule has 0 atom stereocenters. The van der Waals surface area contributed by atoms with Gasteiger partial charge in [-0.3, -0.25) is 9.98 Å². The first-order valence-electron chi connectivity index (χ1n) is 7.88. The number of thioether (sulfide) groups is 1. The molecule has 2 aromatic carbocycles. The third-order valence-electron chi connectivity index (χ3n) is 4.29. The maximum Gasteiger partial charge on any atom is 0.197 e. The smallest absolute Gasteiger partial charge is 0.197 e. The fourth-order valence-corrected chi connectivity index (χ4v) is 4.78. The lowest BCUT2D eigenvalue weighted by Gasteiger charge is -2.11. The Morgan fingerprint density at radius 1 is 1.12 bits per heavy atom. The van der Waals surface area contributed by atoms with Crippen LogP contribution in [0.1, 0.15) is 0 Å². The quantitative estimate of drug-likeness (QED) is 0.332. The summed E-state index contributed by atoms with van der Waals surface area (Å²) in [4.78, 5) is 4.77. The first-order valence-corrected chi connectivity index (χ1v) is 9.93. The van der Waals surface area contributed by atoms with E-state index in [1.807, 2.05) is 24.5 Å². The molecule has 0 saturated carbocycles. The summed E-state index contributed by atoms with van der Waals surface area (Å²) < 4.78 is 23.1. The molecular formula is C19H12FN3OS2. The van der Waals surface area contributed by atoms with Crippen molar-refractivity contribution in [1.29, 1.82) is 5.41 Å². The normalized spacial score (nSPS) is 11.8. The molecule has 0 bridgehead atoms. The minimum Gasteiger partial charge on any atom is -0.449 e. The minimum atomic E-state index is -0.314. The fraction of sp³-hybridized carbons (Fsp3) is 0.0526.